The van der Waals surface area contributed by atoms with Crippen molar-refractivity contribution in [1.82, 2.24) is 4.98 Å². The number of nitrogens with zero attached hydrogens (tertiary/aromatic N) is 1. The molecule has 0 unspecified atom stereocenters. The Morgan fingerprint density at radius 1 is 1.29 bits per heavy atom. The predicted molar refractivity (Wildman–Crippen MR) is 104 cm³/mol. The topological polar surface area (TPSA) is 86.8 Å². The lowest BCUT2D eigenvalue weighted by atomic mass is 10.2. The molecule has 28 heavy (non-hydrogen) atoms. The zero-order valence-corrected chi connectivity index (χ0v) is 16.2. The largest absolute Gasteiger partial charge is 0.452 e. The normalized spacial score (nSPS) is 16.6. The molecule has 2 aromatic rings. The third kappa shape index (κ3) is 4.17. The Morgan fingerprint density at radius 2 is 2.07 bits per heavy atom. The Kier molecular flexibility index (Phi) is 5.04. The standard InChI is InChI=1S/C20H20N2O5S/c1-13-21-15(12-28-13)5-7-19(24)25-11-18(23)22-14-4-6-16-17(10-14)27-20(26-16)8-2-3-9-20/h4-7,10,12H,2-3,8-9,11H2,1H3,(H,22,23)/b7-5+. The Labute approximate surface area is 166 Å². The van der Waals surface area contributed by atoms with Crippen molar-refractivity contribution in [2.24, 2.45) is 0 Å². The summed E-state index contributed by atoms with van der Waals surface area (Å²) in [5.41, 5.74) is 1.25. The molecule has 1 N–H and O–H groups in total. The summed E-state index contributed by atoms with van der Waals surface area (Å²) in [5, 5.41) is 5.44. The van der Waals surface area contributed by atoms with Crippen molar-refractivity contribution in [2.75, 3.05) is 11.9 Å². The number of hydrogen-bond acceptors (Lipinski definition) is 7. The molecule has 2 aliphatic rings. The number of hydrogen-bond donors (Lipinski definition) is 1. The Balaban J connectivity index is 1.28. The van der Waals surface area contributed by atoms with Gasteiger partial charge in [0.1, 0.15) is 0 Å². The van der Waals surface area contributed by atoms with Crippen LogP contribution in [0.4, 0.5) is 5.69 Å². The van der Waals surface area contributed by atoms with Gasteiger partial charge in [-0.2, -0.15) is 0 Å². The first-order valence-corrected chi connectivity index (χ1v) is 9.98. The SMILES string of the molecule is Cc1nc(/C=C/C(=O)OCC(=O)Nc2ccc3c(c2)OC2(CCCC2)O3)cs1. The second-order valence-electron chi connectivity index (χ2n) is 6.76. The van der Waals surface area contributed by atoms with Crippen LogP contribution in [0.3, 0.4) is 0 Å². The third-order valence-corrected chi connectivity index (χ3v) is 5.35. The van der Waals surface area contributed by atoms with Gasteiger partial charge < -0.3 is 19.5 Å². The molecule has 1 aliphatic heterocycles. The lowest BCUT2D eigenvalue weighted by molar-refractivity contribution is -0.142. The highest BCUT2D eigenvalue weighted by molar-refractivity contribution is 7.09. The summed E-state index contributed by atoms with van der Waals surface area (Å²) in [6.45, 7) is 1.51. The number of esters is 1. The number of amides is 1. The lowest BCUT2D eigenvalue weighted by Crippen LogP contribution is -2.34. The van der Waals surface area contributed by atoms with Crippen LogP contribution in [-0.2, 0) is 14.3 Å². The average Bonchev–Trinajstić information content (AvgIpc) is 3.38. The highest BCUT2D eigenvalue weighted by Crippen LogP contribution is 2.47. The monoisotopic (exact) mass is 400 g/mol. The molecule has 1 aromatic carbocycles. The summed E-state index contributed by atoms with van der Waals surface area (Å²) in [5.74, 6) is -0.259. The maximum atomic E-state index is 12.0. The quantitative estimate of drug-likeness (QED) is 0.608. The zero-order valence-electron chi connectivity index (χ0n) is 15.4. The molecule has 1 aromatic heterocycles. The molecule has 0 bridgehead atoms. The van der Waals surface area contributed by atoms with Crippen LogP contribution in [0.15, 0.2) is 29.7 Å². The van der Waals surface area contributed by atoms with E-state index in [9.17, 15) is 9.59 Å². The first-order valence-electron chi connectivity index (χ1n) is 9.10. The van der Waals surface area contributed by atoms with E-state index in [2.05, 4.69) is 10.3 Å². The number of benzene rings is 1. The molecule has 1 aliphatic carbocycles. The summed E-state index contributed by atoms with van der Waals surface area (Å²) < 4.78 is 16.9. The van der Waals surface area contributed by atoms with E-state index in [1.807, 2.05) is 12.3 Å². The first kappa shape index (κ1) is 18.5. The molecular formula is C20H20N2O5S. The van der Waals surface area contributed by atoms with E-state index in [1.54, 1.807) is 24.3 Å². The van der Waals surface area contributed by atoms with Crippen LogP contribution in [0.5, 0.6) is 11.5 Å². The summed E-state index contributed by atoms with van der Waals surface area (Å²) in [7, 11) is 0. The molecule has 1 fully saturated rings. The van der Waals surface area contributed by atoms with Crippen molar-refractivity contribution >= 4 is 35.0 Å². The van der Waals surface area contributed by atoms with Crippen molar-refractivity contribution in [1.29, 1.82) is 0 Å². The third-order valence-electron chi connectivity index (χ3n) is 4.56. The number of rotatable bonds is 5. The average molecular weight is 400 g/mol. The van der Waals surface area contributed by atoms with Crippen molar-refractivity contribution in [3.63, 3.8) is 0 Å². The van der Waals surface area contributed by atoms with Gasteiger partial charge >= 0.3 is 5.97 Å². The summed E-state index contributed by atoms with van der Waals surface area (Å²) in [4.78, 5) is 28.0. The highest BCUT2D eigenvalue weighted by atomic mass is 32.1. The molecule has 1 spiro atoms. The van der Waals surface area contributed by atoms with E-state index in [4.69, 9.17) is 14.2 Å². The minimum Gasteiger partial charge on any atom is -0.452 e. The smallest absolute Gasteiger partial charge is 0.331 e. The molecule has 4 rings (SSSR count). The van der Waals surface area contributed by atoms with E-state index < -0.39 is 17.7 Å². The van der Waals surface area contributed by atoms with Gasteiger partial charge in [-0.3, -0.25) is 4.79 Å². The fourth-order valence-electron chi connectivity index (χ4n) is 3.28. The summed E-state index contributed by atoms with van der Waals surface area (Å²) in [6, 6.07) is 5.25. The second-order valence-corrected chi connectivity index (χ2v) is 7.83. The highest BCUT2D eigenvalue weighted by Gasteiger charge is 2.44. The fourth-order valence-corrected chi connectivity index (χ4v) is 3.86. The molecule has 1 saturated carbocycles. The number of thiazole rings is 1. The number of anilines is 1. The fraction of sp³-hybridized carbons (Fsp3) is 0.350. The number of aromatic nitrogens is 1. The van der Waals surface area contributed by atoms with Gasteiger partial charge in [-0.1, -0.05) is 0 Å². The van der Waals surface area contributed by atoms with Gasteiger partial charge in [-0.25, -0.2) is 9.78 Å². The van der Waals surface area contributed by atoms with E-state index in [-0.39, 0.29) is 6.61 Å². The van der Waals surface area contributed by atoms with Gasteiger partial charge in [-0.15, -0.1) is 11.3 Å². The molecule has 0 atom stereocenters. The Hall–Kier alpha value is -2.87. The van der Waals surface area contributed by atoms with Crippen molar-refractivity contribution < 1.29 is 23.8 Å². The molecular weight excluding hydrogens is 380 g/mol. The van der Waals surface area contributed by atoms with E-state index in [1.165, 1.54) is 17.4 Å². The van der Waals surface area contributed by atoms with Gasteiger partial charge in [0.25, 0.3) is 11.7 Å². The van der Waals surface area contributed by atoms with Crippen LogP contribution in [0, 0.1) is 6.92 Å². The molecule has 146 valence electrons. The molecule has 8 heteroatoms. The van der Waals surface area contributed by atoms with E-state index in [0.29, 0.717) is 22.9 Å². The maximum absolute atomic E-state index is 12.0. The molecule has 0 radical (unpaired) electrons. The second kappa shape index (κ2) is 7.63. The van der Waals surface area contributed by atoms with Crippen LogP contribution in [0.1, 0.15) is 36.4 Å². The van der Waals surface area contributed by atoms with E-state index in [0.717, 1.165) is 30.7 Å². The van der Waals surface area contributed by atoms with Crippen molar-refractivity contribution in [3.05, 3.63) is 40.4 Å². The number of aryl methyl sites for hydroxylation is 1. The predicted octanol–water partition coefficient (Wildman–Crippen LogP) is 3.69. The van der Waals surface area contributed by atoms with Crippen LogP contribution in [0.25, 0.3) is 6.08 Å². The number of ether oxygens (including phenoxy) is 3. The van der Waals surface area contributed by atoms with Crippen LogP contribution < -0.4 is 14.8 Å². The minimum atomic E-state index is -0.602. The molecule has 1 amide bonds. The van der Waals surface area contributed by atoms with Crippen LogP contribution in [-0.4, -0.2) is 29.3 Å². The Morgan fingerprint density at radius 3 is 2.82 bits per heavy atom. The number of fused-ring (bicyclic) bond motifs is 1. The van der Waals surface area contributed by atoms with Gasteiger partial charge in [0.2, 0.25) is 0 Å². The molecule has 7 nitrogen and oxygen atoms in total. The van der Waals surface area contributed by atoms with Gasteiger partial charge in [0.05, 0.1) is 10.7 Å². The van der Waals surface area contributed by atoms with E-state index >= 15 is 0 Å². The van der Waals surface area contributed by atoms with Crippen molar-refractivity contribution in [3.8, 4) is 11.5 Å². The summed E-state index contributed by atoms with van der Waals surface area (Å²) in [6.07, 6.45) is 6.71. The lowest BCUT2D eigenvalue weighted by Gasteiger charge is -2.21. The summed E-state index contributed by atoms with van der Waals surface area (Å²) >= 11 is 1.49. The Bertz CT molecular complexity index is 930. The number of nitrogens with one attached hydrogen (secondary N) is 1. The van der Waals surface area contributed by atoms with Gasteiger partial charge in [0.15, 0.2) is 18.1 Å². The van der Waals surface area contributed by atoms with Crippen LogP contribution in [0.2, 0.25) is 0 Å². The minimum absolute atomic E-state index is 0.377. The number of carbonyl (C=O) groups is 2. The first-order chi connectivity index (χ1) is 13.5. The maximum Gasteiger partial charge on any atom is 0.331 e. The van der Waals surface area contributed by atoms with Crippen molar-refractivity contribution in [2.45, 2.75) is 38.4 Å². The molecule has 0 saturated heterocycles. The van der Waals surface area contributed by atoms with Crippen LogP contribution >= 0.6 is 11.3 Å². The zero-order chi connectivity index (χ0) is 19.6. The van der Waals surface area contributed by atoms with Gasteiger partial charge in [0, 0.05) is 36.1 Å². The molecule has 2 heterocycles. The number of carbonyl (C=O) groups excluding carboxylic acids is 2. The van der Waals surface area contributed by atoms with Gasteiger partial charge in [-0.05, 0) is 38.0 Å².